The molecule has 0 spiro atoms. The molecule has 2 aliphatic carbocycles. The highest BCUT2D eigenvalue weighted by atomic mass is 14.3. The zero-order chi connectivity index (χ0) is 14.7. The van der Waals surface area contributed by atoms with E-state index >= 15 is 0 Å². The SMILES string of the molecule is Cc1ccc(CC2CCC(C3CCC(C)CC3)CC2)cc1.[HH].[HH]. The van der Waals surface area contributed by atoms with Crippen molar-refractivity contribution in [2.45, 2.75) is 71.6 Å². The molecule has 0 atom stereocenters. The highest BCUT2D eigenvalue weighted by Gasteiger charge is 2.29. The molecular weight excluding hydrogens is 252 g/mol. The van der Waals surface area contributed by atoms with Crippen molar-refractivity contribution >= 4 is 0 Å². The lowest BCUT2D eigenvalue weighted by Gasteiger charge is -2.37. The molecule has 0 amide bonds. The van der Waals surface area contributed by atoms with Crippen molar-refractivity contribution in [3.05, 3.63) is 35.4 Å². The van der Waals surface area contributed by atoms with Crippen molar-refractivity contribution in [1.82, 2.24) is 0 Å². The molecule has 21 heavy (non-hydrogen) atoms. The van der Waals surface area contributed by atoms with Gasteiger partial charge in [0.05, 0.1) is 0 Å². The summed E-state index contributed by atoms with van der Waals surface area (Å²) in [6.45, 7) is 4.62. The Morgan fingerprint density at radius 1 is 0.810 bits per heavy atom. The van der Waals surface area contributed by atoms with E-state index in [0.29, 0.717) is 0 Å². The molecule has 2 aliphatic rings. The summed E-state index contributed by atoms with van der Waals surface area (Å²) in [5.74, 6) is 4.08. The molecule has 0 heteroatoms. The molecule has 0 aromatic heterocycles. The second kappa shape index (κ2) is 6.99. The zero-order valence-electron chi connectivity index (χ0n) is 14.0. The van der Waals surface area contributed by atoms with Crippen molar-refractivity contribution in [3.63, 3.8) is 0 Å². The molecule has 0 heterocycles. The Hall–Kier alpha value is -0.780. The third-order valence-corrected chi connectivity index (χ3v) is 6.26. The van der Waals surface area contributed by atoms with Gasteiger partial charge >= 0.3 is 0 Å². The normalized spacial score (nSPS) is 33.8. The average Bonchev–Trinajstić information content (AvgIpc) is 2.51. The molecule has 1 aromatic rings. The van der Waals surface area contributed by atoms with Crippen LogP contribution in [0.15, 0.2) is 24.3 Å². The Balaban J connectivity index is 0.00000132. The van der Waals surface area contributed by atoms with Crippen molar-refractivity contribution in [1.29, 1.82) is 0 Å². The first-order valence-electron chi connectivity index (χ1n) is 9.26. The van der Waals surface area contributed by atoms with E-state index in [9.17, 15) is 0 Å². The highest BCUT2D eigenvalue weighted by molar-refractivity contribution is 5.21. The van der Waals surface area contributed by atoms with E-state index in [1.165, 1.54) is 63.4 Å². The third-order valence-electron chi connectivity index (χ3n) is 6.26. The van der Waals surface area contributed by atoms with Crippen LogP contribution in [0, 0.1) is 30.6 Å². The Kier molecular flexibility index (Phi) is 5.03. The smallest absolute Gasteiger partial charge is 0 e. The van der Waals surface area contributed by atoms with Gasteiger partial charge in [-0.05, 0) is 81.1 Å². The van der Waals surface area contributed by atoms with Crippen LogP contribution in [-0.4, -0.2) is 0 Å². The summed E-state index contributed by atoms with van der Waals surface area (Å²) in [6, 6.07) is 9.21. The first-order valence-corrected chi connectivity index (χ1v) is 9.26. The standard InChI is InChI=1S/C21H32.2H2/c1-16-3-7-18(8-4-16)15-19-9-13-21(14-10-19)20-11-5-17(2)6-12-20;;/h3-4,7-8,17,19-21H,5-6,9-15H2,1-2H3;2*1H. The van der Waals surface area contributed by atoms with E-state index in [1.807, 2.05) is 0 Å². The van der Waals surface area contributed by atoms with Gasteiger partial charge in [-0.1, -0.05) is 49.6 Å². The second-order valence-electron chi connectivity index (χ2n) is 7.99. The largest absolute Gasteiger partial charge is 0.0625 e. The van der Waals surface area contributed by atoms with Crippen LogP contribution < -0.4 is 0 Å². The molecule has 3 rings (SSSR count). The summed E-state index contributed by atoms with van der Waals surface area (Å²) in [7, 11) is 0. The molecule has 120 valence electrons. The fourth-order valence-electron chi connectivity index (χ4n) is 4.68. The summed E-state index contributed by atoms with van der Waals surface area (Å²) >= 11 is 0. The molecule has 2 fully saturated rings. The van der Waals surface area contributed by atoms with Crippen LogP contribution in [0.2, 0.25) is 0 Å². The fourth-order valence-corrected chi connectivity index (χ4v) is 4.68. The summed E-state index contributed by atoms with van der Waals surface area (Å²) in [6.07, 6.45) is 13.3. The monoisotopic (exact) mass is 288 g/mol. The number of hydrogen-bond acceptors (Lipinski definition) is 0. The molecule has 0 radical (unpaired) electrons. The predicted molar refractivity (Wildman–Crippen MR) is 95.7 cm³/mol. The van der Waals surface area contributed by atoms with Crippen LogP contribution in [0.25, 0.3) is 0 Å². The summed E-state index contributed by atoms with van der Waals surface area (Å²) in [5.41, 5.74) is 2.93. The minimum atomic E-state index is 0. The minimum Gasteiger partial charge on any atom is -0.0625 e. The Labute approximate surface area is 134 Å². The lowest BCUT2D eigenvalue weighted by atomic mass is 9.69. The van der Waals surface area contributed by atoms with E-state index in [-0.39, 0.29) is 2.85 Å². The molecule has 0 bridgehead atoms. The van der Waals surface area contributed by atoms with E-state index in [1.54, 1.807) is 5.56 Å². The van der Waals surface area contributed by atoms with Crippen molar-refractivity contribution in [3.8, 4) is 0 Å². The van der Waals surface area contributed by atoms with Crippen LogP contribution in [0.4, 0.5) is 0 Å². The van der Waals surface area contributed by atoms with Gasteiger partial charge < -0.3 is 0 Å². The zero-order valence-corrected chi connectivity index (χ0v) is 14.0. The molecule has 0 nitrogen and oxygen atoms in total. The van der Waals surface area contributed by atoms with E-state index < -0.39 is 0 Å². The third kappa shape index (κ3) is 4.11. The number of rotatable bonds is 3. The average molecular weight is 289 g/mol. The van der Waals surface area contributed by atoms with E-state index in [2.05, 4.69) is 38.1 Å². The first-order chi connectivity index (χ1) is 10.2. The maximum atomic E-state index is 2.44. The number of aryl methyl sites for hydroxylation is 1. The molecule has 0 aliphatic heterocycles. The van der Waals surface area contributed by atoms with Gasteiger partial charge in [-0.25, -0.2) is 0 Å². The van der Waals surface area contributed by atoms with Gasteiger partial charge in [0, 0.05) is 2.85 Å². The number of hydrogen-bond donors (Lipinski definition) is 0. The molecule has 0 unspecified atom stereocenters. The summed E-state index contributed by atoms with van der Waals surface area (Å²) in [4.78, 5) is 0. The summed E-state index contributed by atoms with van der Waals surface area (Å²) in [5, 5.41) is 0. The van der Waals surface area contributed by atoms with Crippen LogP contribution in [0.3, 0.4) is 0 Å². The molecule has 0 saturated heterocycles. The van der Waals surface area contributed by atoms with Gasteiger partial charge in [0.15, 0.2) is 0 Å². The van der Waals surface area contributed by atoms with Gasteiger partial charge in [-0.3, -0.25) is 0 Å². The molecule has 2 saturated carbocycles. The van der Waals surface area contributed by atoms with E-state index in [0.717, 1.165) is 23.7 Å². The fraction of sp³-hybridized carbons (Fsp3) is 0.714. The maximum absolute atomic E-state index is 2.44. The summed E-state index contributed by atoms with van der Waals surface area (Å²) < 4.78 is 0. The maximum Gasteiger partial charge on any atom is 0 e. The van der Waals surface area contributed by atoms with Crippen molar-refractivity contribution < 1.29 is 2.85 Å². The predicted octanol–water partition coefficient (Wildman–Crippen LogP) is 6.66. The van der Waals surface area contributed by atoms with Crippen LogP contribution in [0.1, 0.15) is 72.3 Å². The lowest BCUT2D eigenvalue weighted by Crippen LogP contribution is -2.25. The topological polar surface area (TPSA) is 0 Å². The van der Waals surface area contributed by atoms with Gasteiger partial charge in [-0.15, -0.1) is 0 Å². The molecule has 1 aromatic carbocycles. The Morgan fingerprint density at radius 3 is 1.90 bits per heavy atom. The van der Waals surface area contributed by atoms with Gasteiger partial charge in [0.2, 0.25) is 0 Å². The van der Waals surface area contributed by atoms with Crippen molar-refractivity contribution in [2.24, 2.45) is 23.7 Å². The Bertz CT molecular complexity index is 424. The van der Waals surface area contributed by atoms with Gasteiger partial charge in [0.25, 0.3) is 0 Å². The quantitative estimate of drug-likeness (QED) is 0.583. The molecular formula is C21H36. The molecule has 0 N–H and O–H groups in total. The van der Waals surface area contributed by atoms with Crippen molar-refractivity contribution in [2.75, 3.05) is 0 Å². The highest BCUT2D eigenvalue weighted by Crippen LogP contribution is 2.41. The van der Waals surface area contributed by atoms with E-state index in [4.69, 9.17) is 0 Å². The van der Waals surface area contributed by atoms with Gasteiger partial charge in [-0.2, -0.15) is 0 Å². The van der Waals surface area contributed by atoms with Crippen LogP contribution in [-0.2, 0) is 6.42 Å². The first kappa shape index (κ1) is 15.1. The number of benzene rings is 1. The van der Waals surface area contributed by atoms with Gasteiger partial charge in [0.1, 0.15) is 0 Å². The van der Waals surface area contributed by atoms with Crippen LogP contribution >= 0.6 is 0 Å². The second-order valence-corrected chi connectivity index (χ2v) is 7.99. The Morgan fingerprint density at radius 2 is 1.33 bits per heavy atom. The minimum absolute atomic E-state index is 0. The lowest BCUT2D eigenvalue weighted by molar-refractivity contribution is 0.150. The van der Waals surface area contributed by atoms with Crippen LogP contribution in [0.5, 0.6) is 0 Å².